The minimum absolute atomic E-state index is 0.387. The fraction of sp³-hybridized carbons (Fsp3) is 0.933. The Morgan fingerprint density at radius 2 is 1.67 bits per heavy atom. The average molecular weight is 250 g/mol. The Bertz CT molecular complexity index is 308. The molecule has 18 heavy (non-hydrogen) atoms. The Hall–Kier alpha value is -0.570. The van der Waals surface area contributed by atoms with Gasteiger partial charge in [-0.3, -0.25) is 0 Å². The van der Waals surface area contributed by atoms with Crippen LogP contribution in [-0.4, -0.2) is 23.0 Å². The summed E-state index contributed by atoms with van der Waals surface area (Å²) in [4.78, 5) is 0. The largest absolute Gasteiger partial charge is 0.411 e. The second-order valence-electron chi connectivity index (χ2n) is 6.48. The Morgan fingerprint density at radius 3 is 2.39 bits per heavy atom. The van der Waals surface area contributed by atoms with Crippen molar-refractivity contribution in [2.24, 2.45) is 17.0 Å². The highest BCUT2D eigenvalue weighted by Crippen LogP contribution is 2.43. The molecular weight excluding hydrogens is 224 g/mol. The third kappa shape index (κ3) is 2.42. The van der Waals surface area contributed by atoms with Crippen LogP contribution in [0.25, 0.3) is 0 Å². The Balaban J connectivity index is 1.61. The number of hydrogen-bond donors (Lipinski definition) is 2. The molecule has 3 saturated carbocycles. The molecule has 0 amide bonds. The molecule has 102 valence electrons. The fourth-order valence-corrected chi connectivity index (χ4v) is 4.33. The first-order valence-electron chi connectivity index (χ1n) is 7.86. The van der Waals surface area contributed by atoms with Crippen molar-refractivity contribution in [2.75, 3.05) is 0 Å². The molecule has 3 aliphatic carbocycles. The summed E-state index contributed by atoms with van der Waals surface area (Å²) in [7, 11) is 0. The van der Waals surface area contributed by atoms with E-state index in [1.54, 1.807) is 0 Å². The molecule has 3 rings (SSSR count). The van der Waals surface area contributed by atoms with Crippen LogP contribution in [0.3, 0.4) is 0 Å². The van der Waals surface area contributed by atoms with Gasteiger partial charge in [-0.25, -0.2) is 0 Å². The van der Waals surface area contributed by atoms with Gasteiger partial charge in [0.2, 0.25) is 0 Å². The van der Waals surface area contributed by atoms with E-state index < -0.39 is 0 Å². The first-order valence-corrected chi connectivity index (χ1v) is 7.86. The monoisotopic (exact) mass is 250 g/mol. The van der Waals surface area contributed by atoms with Crippen LogP contribution in [-0.2, 0) is 0 Å². The molecule has 0 aromatic carbocycles. The van der Waals surface area contributed by atoms with E-state index in [0.29, 0.717) is 18.0 Å². The first-order chi connectivity index (χ1) is 8.88. The highest BCUT2D eigenvalue weighted by Gasteiger charge is 2.45. The molecule has 0 aromatic heterocycles. The van der Waals surface area contributed by atoms with Gasteiger partial charge in [0.15, 0.2) is 0 Å². The molecule has 0 saturated heterocycles. The number of nitrogens with zero attached hydrogens (tertiary/aromatic N) is 1. The smallest absolute Gasteiger partial charge is 0.0773 e. The molecule has 2 bridgehead atoms. The van der Waals surface area contributed by atoms with Crippen molar-refractivity contribution in [1.82, 2.24) is 5.32 Å². The molecular formula is C15H26N2O. The van der Waals surface area contributed by atoms with Gasteiger partial charge in [0.25, 0.3) is 0 Å². The predicted molar refractivity (Wildman–Crippen MR) is 73.1 cm³/mol. The molecule has 3 atom stereocenters. The van der Waals surface area contributed by atoms with Gasteiger partial charge in [0.1, 0.15) is 0 Å². The van der Waals surface area contributed by atoms with Crippen LogP contribution < -0.4 is 5.32 Å². The van der Waals surface area contributed by atoms with E-state index in [2.05, 4.69) is 10.5 Å². The Kier molecular flexibility index (Phi) is 3.88. The van der Waals surface area contributed by atoms with Crippen LogP contribution in [0.5, 0.6) is 0 Å². The van der Waals surface area contributed by atoms with Gasteiger partial charge < -0.3 is 10.5 Å². The minimum atomic E-state index is 0.387. The van der Waals surface area contributed by atoms with Gasteiger partial charge in [-0.2, -0.15) is 0 Å². The number of hydrogen-bond acceptors (Lipinski definition) is 3. The highest BCUT2D eigenvalue weighted by molar-refractivity contribution is 5.94. The Labute approximate surface area is 110 Å². The number of fused-ring (bicyclic) bond motifs is 2. The zero-order valence-electron chi connectivity index (χ0n) is 11.3. The molecule has 3 nitrogen and oxygen atoms in total. The molecule has 0 unspecified atom stereocenters. The van der Waals surface area contributed by atoms with Crippen molar-refractivity contribution in [3.05, 3.63) is 0 Å². The highest BCUT2D eigenvalue weighted by atomic mass is 16.4. The number of oxime groups is 1. The minimum Gasteiger partial charge on any atom is -0.411 e. The summed E-state index contributed by atoms with van der Waals surface area (Å²) in [5.74, 6) is 1.32. The van der Waals surface area contributed by atoms with Gasteiger partial charge in [0, 0.05) is 12.0 Å². The third-order valence-corrected chi connectivity index (χ3v) is 5.32. The SMILES string of the molecule is O/N=C1/[C@H]2CC[C@H](C2)[C@H]1NC1CCCCCCC1. The van der Waals surface area contributed by atoms with Crippen molar-refractivity contribution in [2.45, 2.75) is 76.3 Å². The van der Waals surface area contributed by atoms with Gasteiger partial charge in [0.05, 0.1) is 11.8 Å². The molecule has 3 aliphatic rings. The van der Waals surface area contributed by atoms with Crippen molar-refractivity contribution in [3.8, 4) is 0 Å². The van der Waals surface area contributed by atoms with Crippen LogP contribution in [0.2, 0.25) is 0 Å². The van der Waals surface area contributed by atoms with Gasteiger partial charge in [-0.15, -0.1) is 0 Å². The molecule has 0 aromatic rings. The average Bonchev–Trinajstić information content (AvgIpc) is 2.92. The van der Waals surface area contributed by atoms with Crippen LogP contribution in [0, 0.1) is 11.8 Å². The van der Waals surface area contributed by atoms with Crippen LogP contribution in [0.15, 0.2) is 5.16 Å². The van der Waals surface area contributed by atoms with Crippen molar-refractivity contribution >= 4 is 5.71 Å². The van der Waals surface area contributed by atoms with E-state index in [0.717, 1.165) is 11.6 Å². The molecule has 3 fully saturated rings. The van der Waals surface area contributed by atoms with E-state index >= 15 is 0 Å². The van der Waals surface area contributed by atoms with E-state index in [1.165, 1.54) is 64.2 Å². The summed E-state index contributed by atoms with van der Waals surface area (Å²) in [6.45, 7) is 0. The fourth-order valence-electron chi connectivity index (χ4n) is 4.33. The first kappa shape index (κ1) is 12.5. The third-order valence-electron chi connectivity index (χ3n) is 5.32. The zero-order valence-corrected chi connectivity index (χ0v) is 11.3. The van der Waals surface area contributed by atoms with Gasteiger partial charge in [-0.1, -0.05) is 37.3 Å². The molecule has 0 radical (unpaired) electrons. The lowest BCUT2D eigenvalue weighted by atomic mass is 9.90. The molecule has 0 aliphatic heterocycles. The maximum absolute atomic E-state index is 9.24. The van der Waals surface area contributed by atoms with Crippen molar-refractivity contribution < 1.29 is 5.21 Å². The Morgan fingerprint density at radius 1 is 0.944 bits per heavy atom. The summed E-state index contributed by atoms with van der Waals surface area (Å²) >= 11 is 0. The lowest BCUT2D eigenvalue weighted by molar-refractivity contribution is 0.300. The molecule has 0 heterocycles. The summed E-state index contributed by atoms with van der Waals surface area (Å²) in [5, 5.41) is 16.7. The second-order valence-corrected chi connectivity index (χ2v) is 6.48. The summed E-state index contributed by atoms with van der Waals surface area (Å²) < 4.78 is 0. The lowest BCUT2D eigenvalue weighted by Crippen LogP contribution is -2.46. The predicted octanol–water partition coefficient (Wildman–Crippen LogP) is 3.32. The number of nitrogens with one attached hydrogen (secondary N) is 1. The normalized spacial score (nSPS) is 40.0. The summed E-state index contributed by atoms with van der Waals surface area (Å²) in [6, 6.07) is 1.05. The van der Waals surface area contributed by atoms with Crippen molar-refractivity contribution in [3.63, 3.8) is 0 Å². The van der Waals surface area contributed by atoms with E-state index in [4.69, 9.17) is 0 Å². The van der Waals surface area contributed by atoms with Crippen LogP contribution in [0.4, 0.5) is 0 Å². The van der Waals surface area contributed by atoms with Crippen molar-refractivity contribution in [1.29, 1.82) is 0 Å². The molecule has 0 spiro atoms. The number of rotatable bonds is 2. The van der Waals surface area contributed by atoms with Crippen LogP contribution >= 0.6 is 0 Å². The quantitative estimate of drug-likeness (QED) is 0.583. The lowest BCUT2D eigenvalue weighted by Gasteiger charge is -2.30. The molecule has 3 heteroatoms. The zero-order chi connectivity index (χ0) is 12.4. The van der Waals surface area contributed by atoms with E-state index in [1.807, 2.05) is 0 Å². The summed E-state index contributed by atoms with van der Waals surface area (Å²) in [5.41, 5.74) is 1.06. The standard InChI is InChI=1S/C15H26N2O/c18-17-15-12-9-8-11(10-12)14(15)16-13-6-4-2-1-3-5-7-13/h11-14,16,18H,1-10H2/b17-15-/t11-,12+,14-/m1/s1. The maximum Gasteiger partial charge on any atom is 0.0773 e. The van der Waals surface area contributed by atoms with Gasteiger partial charge in [-0.05, 0) is 38.0 Å². The van der Waals surface area contributed by atoms with Gasteiger partial charge >= 0.3 is 0 Å². The second kappa shape index (κ2) is 5.60. The van der Waals surface area contributed by atoms with E-state index in [-0.39, 0.29) is 0 Å². The van der Waals surface area contributed by atoms with Crippen LogP contribution in [0.1, 0.15) is 64.2 Å². The topological polar surface area (TPSA) is 44.6 Å². The maximum atomic E-state index is 9.24. The molecule has 2 N–H and O–H groups in total. The summed E-state index contributed by atoms with van der Waals surface area (Å²) in [6.07, 6.45) is 13.4. The van der Waals surface area contributed by atoms with E-state index in [9.17, 15) is 5.21 Å².